The Morgan fingerprint density at radius 1 is 0.875 bits per heavy atom. The second-order valence-corrected chi connectivity index (χ2v) is 3.32. The summed E-state index contributed by atoms with van der Waals surface area (Å²) in [7, 11) is 0. The van der Waals surface area contributed by atoms with Gasteiger partial charge in [-0.25, -0.2) is 0 Å². The van der Waals surface area contributed by atoms with Crippen LogP contribution in [-0.4, -0.2) is 12.4 Å². The summed E-state index contributed by atoms with van der Waals surface area (Å²) >= 11 is 0. The average Bonchev–Trinajstić information content (AvgIpc) is 2.13. The van der Waals surface area contributed by atoms with Crippen molar-refractivity contribution in [1.29, 1.82) is 0 Å². The Morgan fingerprint density at radius 2 is 1.38 bits per heavy atom. The van der Waals surface area contributed by atoms with E-state index in [0.717, 1.165) is 12.1 Å². The predicted octanol–water partition coefficient (Wildman–Crippen LogP) is 4.28. The van der Waals surface area contributed by atoms with Crippen LogP contribution < -0.4 is 0 Å². The van der Waals surface area contributed by atoms with Gasteiger partial charge in [-0.15, -0.1) is 0 Å². The molecule has 0 nitrogen and oxygen atoms in total. The third kappa shape index (κ3) is 3.75. The van der Waals surface area contributed by atoms with Gasteiger partial charge in [-0.1, -0.05) is 30.3 Å². The lowest BCUT2D eigenvalue weighted by Gasteiger charge is -2.21. The van der Waals surface area contributed by atoms with Crippen molar-refractivity contribution in [3.63, 3.8) is 0 Å². The molecule has 1 atom stereocenters. The first-order valence-corrected chi connectivity index (χ1v) is 4.38. The second-order valence-electron chi connectivity index (χ2n) is 3.32. The minimum atomic E-state index is -4.89. The van der Waals surface area contributed by atoms with Gasteiger partial charge < -0.3 is 0 Å². The highest BCUT2D eigenvalue weighted by molar-refractivity contribution is 5.21. The first-order valence-electron chi connectivity index (χ1n) is 4.38. The minimum Gasteiger partial charge on any atom is -0.171 e. The molecule has 0 aliphatic heterocycles. The molecule has 16 heavy (non-hydrogen) atoms. The number of alkyl halides is 6. The van der Waals surface area contributed by atoms with Gasteiger partial charge in [-0.3, -0.25) is 0 Å². The van der Waals surface area contributed by atoms with E-state index < -0.39 is 24.7 Å². The fourth-order valence-corrected chi connectivity index (χ4v) is 1.34. The predicted molar refractivity (Wildman–Crippen MR) is 45.9 cm³/mol. The molecule has 1 aromatic carbocycles. The van der Waals surface area contributed by atoms with Gasteiger partial charge >= 0.3 is 12.4 Å². The zero-order chi connectivity index (χ0) is 12.4. The molecule has 0 fully saturated rings. The molecule has 1 unspecified atom stereocenters. The molecular weight excluding hydrogens is 234 g/mol. The van der Waals surface area contributed by atoms with E-state index in [2.05, 4.69) is 0 Å². The first-order chi connectivity index (χ1) is 7.20. The van der Waals surface area contributed by atoms with Gasteiger partial charge in [-0.2, -0.15) is 26.3 Å². The van der Waals surface area contributed by atoms with Gasteiger partial charge in [0.15, 0.2) is 0 Å². The molecule has 1 aromatic rings. The van der Waals surface area contributed by atoms with E-state index in [9.17, 15) is 26.3 Å². The van der Waals surface area contributed by atoms with Crippen LogP contribution in [0.5, 0.6) is 0 Å². The van der Waals surface area contributed by atoms with E-state index >= 15 is 0 Å². The topological polar surface area (TPSA) is 0 Å². The summed E-state index contributed by atoms with van der Waals surface area (Å²) in [6.45, 7) is 0. The molecule has 90 valence electrons. The Kier molecular flexibility index (Phi) is 3.50. The Hall–Kier alpha value is -1.20. The number of hydrogen-bond donors (Lipinski definition) is 0. The fraction of sp³-hybridized carbons (Fsp3) is 0.400. The molecule has 0 aliphatic rings. The summed E-state index contributed by atoms with van der Waals surface area (Å²) in [6, 6.07) is 6.10. The van der Waals surface area contributed by atoms with E-state index in [0.29, 0.717) is 0 Å². The SMILES string of the molecule is FC(F)(F)CC(c1ccccc1)C(F)(F)F. The van der Waals surface area contributed by atoms with E-state index in [-0.39, 0.29) is 5.56 Å². The van der Waals surface area contributed by atoms with E-state index in [1.807, 2.05) is 0 Å². The highest BCUT2D eigenvalue weighted by atomic mass is 19.4. The zero-order valence-electron chi connectivity index (χ0n) is 7.94. The number of hydrogen-bond acceptors (Lipinski definition) is 0. The molecule has 0 radical (unpaired) electrons. The zero-order valence-corrected chi connectivity index (χ0v) is 7.94. The molecule has 0 aromatic heterocycles. The van der Waals surface area contributed by atoms with Crippen molar-refractivity contribution >= 4 is 0 Å². The largest absolute Gasteiger partial charge is 0.396 e. The summed E-state index contributed by atoms with van der Waals surface area (Å²) in [5, 5.41) is 0. The van der Waals surface area contributed by atoms with Crippen LogP contribution in [-0.2, 0) is 0 Å². The molecule has 0 amide bonds. The van der Waals surface area contributed by atoms with Crippen LogP contribution >= 0.6 is 0 Å². The fourth-order valence-electron chi connectivity index (χ4n) is 1.34. The minimum absolute atomic E-state index is 0.368. The maximum absolute atomic E-state index is 12.4. The summed E-state index contributed by atoms with van der Waals surface area (Å²) in [5.41, 5.74) is -0.368. The smallest absolute Gasteiger partial charge is 0.171 e. The third-order valence-corrected chi connectivity index (χ3v) is 2.03. The summed E-state index contributed by atoms with van der Waals surface area (Å²) in [6.07, 6.45) is -11.6. The lowest BCUT2D eigenvalue weighted by atomic mass is 9.95. The lowest BCUT2D eigenvalue weighted by Crippen LogP contribution is -2.26. The van der Waals surface area contributed by atoms with Gasteiger partial charge in [0.2, 0.25) is 0 Å². The van der Waals surface area contributed by atoms with Gasteiger partial charge in [-0.05, 0) is 5.56 Å². The number of rotatable bonds is 2. The van der Waals surface area contributed by atoms with Crippen molar-refractivity contribution in [3.05, 3.63) is 35.9 Å². The Morgan fingerprint density at radius 3 is 1.75 bits per heavy atom. The molecule has 0 aliphatic carbocycles. The van der Waals surface area contributed by atoms with E-state index in [1.165, 1.54) is 18.2 Å². The van der Waals surface area contributed by atoms with Crippen LogP contribution in [0.15, 0.2) is 30.3 Å². The van der Waals surface area contributed by atoms with E-state index in [1.54, 1.807) is 0 Å². The molecule has 0 saturated heterocycles. The third-order valence-electron chi connectivity index (χ3n) is 2.03. The summed E-state index contributed by atoms with van der Waals surface area (Å²) < 4.78 is 73.4. The molecule has 6 heteroatoms. The summed E-state index contributed by atoms with van der Waals surface area (Å²) in [4.78, 5) is 0. The Balaban J connectivity index is 2.98. The van der Waals surface area contributed by atoms with Crippen LogP contribution in [0.4, 0.5) is 26.3 Å². The molecule has 0 bridgehead atoms. The van der Waals surface area contributed by atoms with Crippen LogP contribution in [0, 0.1) is 0 Å². The highest BCUT2D eigenvalue weighted by Gasteiger charge is 2.47. The second kappa shape index (κ2) is 4.35. The van der Waals surface area contributed by atoms with Gasteiger partial charge in [0.05, 0.1) is 12.3 Å². The van der Waals surface area contributed by atoms with Crippen LogP contribution in [0.3, 0.4) is 0 Å². The van der Waals surface area contributed by atoms with Gasteiger partial charge in [0, 0.05) is 0 Å². The van der Waals surface area contributed by atoms with Crippen molar-refractivity contribution < 1.29 is 26.3 Å². The molecule has 0 saturated carbocycles. The molecule has 0 heterocycles. The van der Waals surface area contributed by atoms with Crippen molar-refractivity contribution in [2.45, 2.75) is 24.7 Å². The maximum Gasteiger partial charge on any atom is 0.396 e. The standard InChI is InChI=1S/C10H8F6/c11-9(12,13)6-8(10(14,15)16)7-4-2-1-3-5-7/h1-5,8H,6H2. The lowest BCUT2D eigenvalue weighted by molar-refractivity contribution is -0.197. The van der Waals surface area contributed by atoms with Crippen molar-refractivity contribution in [3.8, 4) is 0 Å². The van der Waals surface area contributed by atoms with Gasteiger partial charge in [0.1, 0.15) is 0 Å². The van der Waals surface area contributed by atoms with Crippen molar-refractivity contribution in [1.82, 2.24) is 0 Å². The van der Waals surface area contributed by atoms with Crippen LogP contribution in [0.1, 0.15) is 17.9 Å². The molecule has 0 spiro atoms. The normalized spacial score (nSPS) is 14.9. The summed E-state index contributed by atoms with van der Waals surface area (Å²) in [5.74, 6) is -2.49. The molecule has 0 N–H and O–H groups in total. The quantitative estimate of drug-likeness (QED) is 0.679. The molecule has 1 rings (SSSR count). The first kappa shape index (κ1) is 12.9. The van der Waals surface area contributed by atoms with Crippen LogP contribution in [0.25, 0.3) is 0 Å². The van der Waals surface area contributed by atoms with Crippen molar-refractivity contribution in [2.75, 3.05) is 0 Å². The van der Waals surface area contributed by atoms with Crippen LogP contribution in [0.2, 0.25) is 0 Å². The Labute approximate surface area is 87.9 Å². The number of halogens is 6. The van der Waals surface area contributed by atoms with Gasteiger partial charge in [0.25, 0.3) is 0 Å². The highest BCUT2D eigenvalue weighted by Crippen LogP contribution is 2.42. The molecular formula is C10H8F6. The number of benzene rings is 1. The maximum atomic E-state index is 12.4. The van der Waals surface area contributed by atoms with E-state index in [4.69, 9.17) is 0 Å². The Bertz CT molecular complexity index is 323. The monoisotopic (exact) mass is 242 g/mol. The average molecular weight is 242 g/mol. The van der Waals surface area contributed by atoms with Crippen molar-refractivity contribution in [2.24, 2.45) is 0 Å².